The molecule has 0 radical (unpaired) electrons. The van der Waals surface area contributed by atoms with E-state index in [9.17, 15) is 4.79 Å². The van der Waals surface area contributed by atoms with E-state index in [4.69, 9.17) is 5.73 Å². The molecule has 0 fully saturated rings. The number of hydrogen-bond donors (Lipinski definition) is 2. The van der Waals surface area contributed by atoms with Gasteiger partial charge in [0.15, 0.2) is 0 Å². The van der Waals surface area contributed by atoms with Crippen LogP contribution in [0.1, 0.15) is 13.3 Å². The van der Waals surface area contributed by atoms with Crippen molar-refractivity contribution < 1.29 is 4.79 Å². The largest absolute Gasteiger partial charge is 0.325 e. The molecular weight excluding hydrogens is 228 g/mol. The van der Waals surface area contributed by atoms with Gasteiger partial charge in [0, 0.05) is 23.8 Å². The SMILES string of the molecule is CC[C@H](N)C(=O)Nc1cccc(-n2ccnc2)c1. The fourth-order valence-electron chi connectivity index (χ4n) is 1.58. The molecule has 0 aliphatic heterocycles. The van der Waals surface area contributed by atoms with Crippen molar-refractivity contribution >= 4 is 11.6 Å². The van der Waals surface area contributed by atoms with Crippen LogP contribution < -0.4 is 11.1 Å². The topological polar surface area (TPSA) is 72.9 Å². The van der Waals surface area contributed by atoms with Gasteiger partial charge in [-0.25, -0.2) is 4.98 Å². The van der Waals surface area contributed by atoms with Gasteiger partial charge in [0.1, 0.15) is 0 Å². The van der Waals surface area contributed by atoms with E-state index in [1.165, 1.54) is 0 Å². The molecule has 0 aliphatic carbocycles. The van der Waals surface area contributed by atoms with Crippen LogP contribution in [-0.2, 0) is 4.79 Å². The average molecular weight is 244 g/mol. The van der Waals surface area contributed by atoms with Gasteiger partial charge in [0.05, 0.1) is 12.4 Å². The van der Waals surface area contributed by atoms with Crippen LogP contribution in [0.25, 0.3) is 5.69 Å². The quantitative estimate of drug-likeness (QED) is 0.857. The predicted octanol–water partition coefficient (Wildman–Crippen LogP) is 1.55. The second kappa shape index (κ2) is 5.46. The van der Waals surface area contributed by atoms with Crippen LogP contribution in [-0.4, -0.2) is 21.5 Å². The zero-order valence-electron chi connectivity index (χ0n) is 10.2. The van der Waals surface area contributed by atoms with Crippen LogP contribution in [0.15, 0.2) is 43.0 Å². The van der Waals surface area contributed by atoms with Crippen molar-refractivity contribution in [2.75, 3.05) is 5.32 Å². The number of carbonyl (C=O) groups excluding carboxylic acids is 1. The Hall–Kier alpha value is -2.14. The van der Waals surface area contributed by atoms with Crippen LogP contribution in [0.3, 0.4) is 0 Å². The Morgan fingerprint density at radius 3 is 3.06 bits per heavy atom. The van der Waals surface area contributed by atoms with Crippen molar-refractivity contribution in [2.45, 2.75) is 19.4 Å². The highest BCUT2D eigenvalue weighted by atomic mass is 16.2. The first-order chi connectivity index (χ1) is 8.70. The minimum absolute atomic E-state index is 0.166. The molecule has 1 aromatic heterocycles. The van der Waals surface area contributed by atoms with Crippen molar-refractivity contribution in [1.29, 1.82) is 0 Å². The van der Waals surface area contributed by atoms with E-state index < -0.39 is 6.04 Å². The first kappa shape index (κ1) is 12.3. The van der Waals surface area contributed by atoms with Crippen molar-refractivity contribution in [1.82, 2.24) is 9.55 Å². The summed E-state index contributed by atoms with van der Waals surface area (Å²) < 4.78 is 1.87. The summed E-state index contributed by atoms with van der Waals surface area (Å²) in [7, 11) is 0. The summed E-state index contributed by atoms with van der Waals surface area (Å²) in [4.78, 5) is 15.7. The van der Waals surface area contributed by atoms with Crippen LogP contribution >= 0.6 is 0 Å². The van der Waals surface area contributed by atoms with Crippen molar-refractivity contribution in [3.63, 3.8) is 0 Å². The maximum atomic E-state index is 11.7. The lowest BCUT2D eigenvalue weighted by molar-refractivity contribution is -0.117. The molecule has 2 aromatic rings. The van der Waals surface area contributed by atoms with E-state index in [1.54, 1.807) is 12.5 Å². The first-order valence-electron chi connectivity index (χ1n) is 5.85. The number of anilines is 1. The molecule has 3 N–H and O–H groups in total. The van der Waals surface area contributed by atoms with Gasteiger partial charge in [0.2, 0.25) is 5.91 Å². The summed E-state index contributed by atoms with van der Waals surface area (Å²) in [6, 6.07) is 7.06. The Morgan fingerprint density at radius 1 is 1.56 bits per heavy atom. The Bertz CT molecular complexity index is 522. The van der Waals surface area contributed by atoms with Crippen molar-refractivity contribution in [3.05, 3.63) is 43.0 Å². The third kappa shape index (κ3) is 2.75. The second-order valence-corrected chi connectivity index (χ2v) is 4.02. The number of nitrogens with zero attached hydrogens (tertiary/aromatic N) is 2. The van der Waals surface area contributed by atoms with E-state index in [0.717, 1.165) is 11.4 Å². The normalized spacial score (nSPS) is 12.1. The molecule has 2 rings (SSSR count). The molecule has 1 heterocycles. The monoisotopic (exact) mass is 244 g/mol. The number of hydrogen-bond acceptors (Lipinski definition) is 3. The van der Waals surface area contributed by atoms with Crippen LogP contribution in [0.5, 0.6) is 0 Å². The molecule has 1 atom stereocenters. The van der Waals surface area contributed by atoms with Crippen LogP contribution in [0, 0.1) is 0 Å². The van der Waals surface area contributed by atoms with Gasteiger partial charge in [-0.05, 0) is 24.6 Å². The number of nitrogens with one attached hydrogen (secondary N) is 1. The molecular formula is C13H16N4O. The van der Waals surface area contributed by atoms with E-state index in [1.807, 2.05) is 42.0 Å². The van der Waals surface area contributed by atoms with Gasteiger partial charge in [-0.3, -0.25) is 4.79 Å². The van der Waals surface area contributed by atoms with Gasteiger partial charge in [-0.15, -0.1) is 0 Å². The lowest BCUT2D eigenvalue weighted by Gasteiger charge is -2.11. The Labute approximate surface area is 106 Å². The van der Waals surface area contributed by atoms with E-state index in [2.05, 4.69) is 10.3 Å². The highest BCUT2D eigenvalue weighted by molar-refractivity contribution is 5.94. The highest BCUT2D eigenvalue weighted by Gasteiger charge is 2.10. The van der Waals surface area contributed by atoms with Gasteiger partial charge >= 0.3 is 0 Å². The summed E-state index contributed by atoms with van der Waals surface area (Å²) >= 11 is 0. The van der Waals surface area contributed by atoms with Crippen molar-refractivity contribution in [2.24, 2.45) is 5.73 Å². The van der Waals surface area contributed by atoms with Crippen LogP contribution in [0.2, 0.25) is 0 Å². The Morgan fingerprint density at radius 2 is 2.39 bits per heavy atom. The molecule has 0 bridgehead atoms. The van der Waals surface area contributed by atoms with Gasteiger partial charge in [-0.1, -0.05) is 13.0 Å². The smallest absolute Gasteiger partial charge is 0.241 e. The molecule has 0 aliphatic rings. The molecule has 5 heteroatoms. The molecule has 94 valence electrons. The first-order valence-corrected chi connectivity index (χ1v) is 5.85. The number of nitrogens with two attached hydrogens (primary N) is 1. The maximum absolute atomic E-state index is 11.7. The summed E-state index contributed by atoms with van der Waals surface area (Å²) in [5, 5.41) is 2.80. The molecule has 0 unspecified atom stereocenters. The predicted molar refractivity (Wildman–Crippen MR) is 70.5 cm³/mol. The fourth-order valence-corrected chi connectivity index (χ4v) is 1.58. The molecule has 1 aromatic carbocycles. The molecule has 0 saturated carbocycles. The highest BCUT2D eigenvalue weighted by Crippen LogP contribution is 2.14. The zero-order chi connectivity index (χ0) is 13.0. The van der Waals surface area contributed by atoms with Gasteiger partial charge in [-0.2, -0.15) is 0 Å². The summed E-state index contributed by atoms with van der Waals surface area (Å²) in [6.07, 6.45) is 5.88. The van der Waals surface area contributed by atoms with Gasteiger partial charge < -0.3 is 15.6 Å². The lowest BCUT2D eigenvalue weighted by atomic mass is 10.2. The molecule has 0 saturated heterocycles. The number of rotatable bonds is 4. The van der Waals surface area contributed by atoms with E-state index in [-0.39, 0.29) is 5.91 Å². The number of aromatic nitrogens is 2. The summed E-state index contributed by atoms with van der Waals surface area (Å²) in [5.41, 5.74) is 7.34. The van der Waals surface area contributed by atoms with E-state index >= 15 is 0 Å². The summed E-state index contributed by atoms with van der Waals surface area (Å²) in [6.45, 7) is 1.88. The number of benzene rings is 1. The van der Waals surface area contributed by atoms with Gasteiger partial charge in [0.25, 0.3) is 0 Å². The number of carbonyl (C=O) groups is 1. The van der Waals surface area contributed by atoms with E-state index in [0.29, 0.717) is 6.42 Å². The maximum Gasteiger partial charge on any atom is 0.241 e. The third-order valence-corrected chi connectivity index (χ3v) is 2.69. The second-order valence-electron chi connectivity index (χ2n) is 4.02. The fraction of sp³-hybridized carbons (Fsp3) is 0.231. The average Bonchev–Trinajstić information content (AvgIpc) is 2.92. The molecule has 18 heavy (non-hydrogen) atoms. The molecule has 0 spiro atoms. The number of amides is 1. The van der Waals surface area contributed by atoms with Crippen LogP contribution in [0.4, 0.5) is 5.69 Å². The Balaban J connectivity index is 2.16. The Kier molecular flexibility index (Phi) is 3.74. The minimum Gasteiger partial charge on any atom is -0.325 e. The third-order valence-electron chi connectivity index (χ3n) is 2.69. The standard InChI is InChI=1S/C13H16N4O/c1-2-12(14)13(18)16-10-4-3-5-11(8-10)17-7-6-15-9-17/h3-9,12H,2,14H2,1H3,(H,16,18)/t12-/m0/s1. The minimum atomic E-state index is -0.470. The molecule has 5 nitrogen and oxygen atoms in total. The number of imidazole rings is 1. The summed E-state index contributed by atoms with van der Waals surface area (Å²) in [5.74, 6) is -0.166. The molecule has 1 amide bonds. The lowest BCUT2D eigenvalue weighted by Crippen LogP contribution is -2.34. The zero-order valence-corrected chi connectivity index (χ0v) is 10.2. The van der Waals surface area contributed by atoms with Crippen molar-refractivity contribution in [3.8, 4) is 5.69 Å².